The van der Waals surface area contributed by atoms with Crippen molar-refractivity contribution < 1.29 is 4.79 Å². The molecule has 90 valence electrons. The molecule has 0 unspecified atom stereocenters. The Hall–Kier alpha value is -1.08. The number of hydrogen-bond donors (Lipinski definition) is 1. The van der Waals surface area contributed by atoms with Crippen molar-refractivity contribution in [2.45, 2.75) is 38.6 Å². The van der Waals surface area contributed by atoms with Crippen molar-refractivity contribution in [1.82, 2.24) is 10.2 Å². The van der Waals surface area contributed by atoms with E-state index in [9.17, 15) is 4.79 Å². The molecule has 4 heteroatoms. The summed E-state index contributed by atoms with van der Waals surface area (Å²) in [5.41, 5.74) is -0.821. The zero-order chi connectivity index (χ0) is 12.4. The van der Waals surface area contributed by atoms with Crippen molar-refractivity contribution in [3.05, 3.63) is 0 Å². The van der Waals surface area contributed by atoms with Crippen LogP contribution >= 0.6 is 0 Å². The highest BCUT2D eigenvalue weighted by atomic mass is 16.2. The summed E-state index contributed by atoms with van der Waals surface area (Å²) in [6.45, 7) is 3.93. The van der Waals surface area contributed by atoms with E-state index in [1.54, 1.807) is 13.8 Å². The second-order valence-corrected chi connectivity index (χ2v) is 5.39. The molecule has 1 fully saturated rings. The lowest BCUT2D eigenvalue weighted by molar-refractivity contribution is -0.127. The number of hydrogen-bond acceptors (Lipinski definition) is 3. The van der Waals surface area contributed by atoms with Gasteiger partial charge in [-0.1, -0.05) is 0 Å². The number of nitrogens with one attached hydrogen (secondary N) is 1. The van der Waals surface area contributed by atoms with Gasteiger partial charge >= 0.3 is 0 Å². The minimum absolute atomic E-state index is 0.112. The summed E-state index contributed by atoms with van der Waals surface area (Å²) in [7, 11) is 4.08. The summed E-state index contributed by atoms with van der Waals surface area (Å²) in [6, 6.07) is 2.02. The van der Waals surface area contributed by atoms with E-state index in [0.29, 0.717) is 6.54 Å². The van der Waals surface area contributed by atoms with E-state index < -0.39 is 5.41 Å². The third-order valence-corrected chi connectivity index (χ3v) is 3.66. The van der Waals surface area contributed by atoms with Crippen LogP contribution in [0.4, 0.5) is 0 Å². The fourth-order valence-electron chi connectivity index (χ4n) is 1.88. The van der Waals surface area contributed by atoms with Crippen molar-refractivity contribution in [3.8, 4) is 6.07 Å². The molecule has 0 aromatic heterocycles. The van der Waals surface area contributed by atoms with Crippen LogP contribution in [-0.4, -0.2) is 37.0 Å². The molecule has 1 amide bonds. The van der Waals surface area contributed by atoms with Crippen LogP contribution in [-0.2, 0) is 4.79 Å². The molecule has 1 rings (SSSR count). The van der Waals surface area contributed by atoms with Gasteiger partial charge in [0.15, 0.2) is 0 Å². The Morgan fingerprint density at radius 2 is 2.06 bits per heavy atom. The van der Waals surface area contributed by atoms with Gasteiger partial charge in [-0.05, 0) is 47.2 Å². The van der Waals surface area contributed by atoms with Gasteiger partial charge in [-0.2, -0.15) is 5.26 Å². The maximum Gasteiger partial charge on any atom is 0.239 e. The van der Waals surface area contributed by atoms with Crippen LogP contribution in [0, 0.1) is 16.7 Å². The quantitative estimate of drug-likeness (QED) is 0.777. The largest absolute Gasteiger partial charge is 0.353 e. The molecule has 1 saturated carbocycles. The molecule has 1 N–H and O–H groups in total. The molecule has 0 atom stereocenters. The predicted molar refractivity (Wildman–Crippen MR) is 62.7 cm³/mol. The molecule has 16 heavy (non-hydrogen) atoms. The molecular formula is C12H21N3O. The van der Waals surface area contributed by atoms with Gasteiger partial charge < -0.3 is 10.2 Å². The molecule has 0 aromatic rings. The molecule has 0 heterocycles. The van der Waals surface area contributed by atoms with Gasteiger partial charge in [0, 0.05) is 12.1 Å². The molecule has 0 bridgehead atoms. The van der Waals surface area contributed by atoms with E-state index in [2.05, 4.69) is 10.2 Å². The highest BCUT2D eigenvalue weighted by molar-refractivity contribution is 5.84. The number of carbonyl (C=O) groups is 1. The number of nitriles is 1. The number of rotatable bonds is 4. The highest BCUT2D eigenvalue weighted by Crippen LogP contribution is 2.35. The predicted octanol–water partition coefficient (Wildman–Crippen LogP) is 1.14. The average molecular weight is 223 g/mol. The van der Waals surface area contributed by atoms with Gasteiger partial charge in [-0.25, -0.2) is 0 Å². The maximum absolute atomic E-state index is 11.8. The molecule has 1 aliphatic rings. The lowest BCUT2D eigenvalue weighted by Crippen LogP contribution is -2.58. The van der Waals surface area contributed by atoms with E-state index in [4.69, 9.17) is 5.26 Å². The fraction of sp³-hybridized carbons (Fsp3) is 0.833. The lowest BCUT2D eigenvalue weighted by Gasteiger charge is -2.47. The van der Waals surface area contributed by atoms with Crippen molar-refractivity contribution in [2.75, 3.05) is 20.6 Å². The summed E-state index contributed by atoms with van der Waals surface area (Å²) >= 11 is 0. The Morgan fingerprint density at radius 3 is 2.38 bits per heavy atom. The van der Waals surface area contributed by atoms with Crippen LogP contribution in [0.5, 0.6) is 0 Å². The molecule has 4 nitrogen and oxygen atoms in total. The SMILES string of the molecule is CN(C)C1(CNC(=O)C(C)(C)C#N)CCC1. The first-order valence-corrected chi connectivity index (χ1v) is 5.71. The van der Waals surface area contributed by atoms with E-state index >= 15 is 0 Å². The van der Waals surface area contributed by atoms with E-state index in [0.717, 1.165) is 12.8 Å². The third-order valence-electron chi connectivity index (χ3n) is 3.66. The van der Waals surface area contributed by atoms with Gasteiger partial charge in [0.2, 0.25) is 5.91 Å². The summed E-state index contributed by atoms with van der Waals surface area (Å²) in [6.07, 6.45) is 3.45. The van der Waals surface area contributed by atoms with Crippen molar-refractivity contribution in [2.24, 2.45) is 5.41 Å². The summed E-state index contributed by atoms with van der Waals surface area (Å²) < 4.78 is 0. The Labute approximate surface area is 97.6 Å². The average Bonchev–Trinajstić information content (AvgIpc) is 2.15. The maximum atomic E-state index is 11.8. The van der Waals surface area contributed by atoms with E-state index in [1.807, 2.05) is 20.2 Å². The molecule has 0 spiro atoms. The minimum atomic E-state index is -0.933. The second kappa shape index (κ2) is 4.42. The van der Waals surface area contributed by atoms with Crippen LogP contribution in [0.2, 0.25) is 0 Å². The Bertz CT molecular complexity index is 311. The van der Waals surface area contributed by atoms with Crippen LogP contribution in [0.25, 0.3) is 0 Å². The Balaban J connectivity index is 2.52. The first-order chi connectivity index (χ1) is 7.34. The normalized spacial score (nSPS) is 18.8. The highest BCUT2D eigenvalue weighted by Gasteiger charge is 2.40. The van der Waals surface area contributed by atoms with Crippen LogP contribution < -0.4 is 5.32 Å². The van der Waals surface area contributed by atoms with Gasteiger partial charge in [-0.3, -0.25) is 4.79 Å². The van der Waals surface area contributed by atoms with Gasteiger partial charge in [0.05, 0.1) is 6.07 Å². The number of amides is 1. The zero-order valence-corrected chi connectivity index (χ0v) is 10.6. The summed E-state index contributed by atoms with van der Waals surface area (Å²) in [5.74, 6) is -0.178. The summed E-state index contributed by atoms with van der Waals surface area (Å²) in [4.78, 5) is 13.9. The molecule has 1 aliphatic carbocycles. The Kier molecular flexibility index (Phi) is 3.59. The second-order valence-electron chi connectivity index (χ2n) is 5.39. The van der Waals surface area contributed by atoms with Crippen molar-refractivity contribution in [3.63, 3.8) is 0 Å². The zero-order valence-electron chi connectivity index (χ0n) is 10.6. The van der Waals surface area contributed by atoms with Gasteiger partial charge in [0.1, 0.15) is 5.41 Å². The van der Waals surface area contributed by atoms with Crippen molar-refractivity contribution >= 4 is 5.91 Å². The van der Waals surface area contributed by atoms with Crippen LogP contribution in [0.1, 0.15) is 33.1 Å². The first-order valence-electron chi connectivity index (χ1n) is 5.71. The lowest BCUT2D eigenvalue weighted by atomic mass is 9.75. The number of likely N-dealkylation sites (N-methyl/N-ethyl adjacent to an activating group) is 1. The topological polar surface area (TPSA) is 56.1 Å². The monoisotopic (exact) mass is 223 g/mol. The molecule has 0 radical (unpaired) electrons. The number of nitrogens with zero attached hydrogens (tertiary/aromatic N) is 2. The standard InChI is InChI=1S/C12H21N3O/c1-11(2,8-13)10(16)14-9-12(15(3)4)6-5-7-12/h5-7,9H2,1-4H3,(H,14,16). The summed E-state index contributed by atoms with van der Waals surface area (Å²) in [5, 5.41) is 11.7. The Morgan fingerprint density at radius 1 is 1.50 bits per heavy atom. The van der Waals surface area contributed by atoms with Crippen LogP contribution in [0.15, 0.2) is 0 Å². The van der Waals surface area contributed by atoms with E-state index in [-0.39, 0.29) is 11.4 Å². The van der Waals surface area contributed by atoms with Crippen molar-refractivity contribution in [1.29, 1.82) is 5.26 Å². The molecule has 0 saturated heterocycles. The van der Waals surface area contributed by atoms with Crippen LogP contribution in [0.3, 0.4) is 0 Å². The van der Waals surface area contributed by atoms with E-state index in [1.165, 1.54) is 6.42 Å². The first kappa shape index (κ1) is 13.0. The minimum Gasteiger partial charge on any atom is -0.353 e. The number of carbonyl (C=O) groups excluding carboxylic acids is 1. The third kappa shape index (κ3) is 2.35. The molecule has 0 aliphatic heterocycles. The van der Waals surface area contributed by atoms with Gasteiger partial charge in [0.25, 0.3) is 0 Å². The fourth-order valence-corrected chi connectivity index (χ4v) is 1.88. The molecular weight excluding hydrogens is 202 g/mol. The van der Waals surface area contributed by atoms with Gasteiger partial charge in [-0.15, -0.1) is 0 Å². The molecule has 0 aromatic carbocycles. The smallest absolute Gasteiger partial charge is 0.239 e.